The minimum atomic E-state index is -3.80. The topological polar surface area (TPSA) is 76.0 Å². The third-order valence-corrected chi connectivity index (χ3v) is 5.71. The molecule has 0 saturated carbocycles. The molecule has 0 amide bonds. The van der Waals surface area contributed by atoms with Crippen LogP contribution in [0.4, 0.5) is 17.1 Å². The van der Waals surface area contributed by atoms with Gasteiger partial charge in [0, 0.05) is 35.9 Å². The molecule has 4 aromatic rings. The molecule has 0 atom stereocenters. The van der Waals surface area contributed by atoms with Crippen molar-refractivity contribution >= 4 is 27.1 Å². The lowest BCUT2D eigenvalue weighted by Crippen LogP contribution is -2.13. The Bertz CT molecular complexity index is 1200. The fourth-order valence-corrected chi connectivity index (χ4v) is 4.24. The number of sulfonamides is 1. The molecule has 0 aliphatic carbocycles. The molecule has 2 N–H and O–H groups in total. The van der Waals surface area contributed by atoms with Crippen molar-refractivity contribution in [3.05, 3.63) is 91.1 Å². The normalized spacial score (nSPS) is 11.2. The quantitative estimate of drug-likeness (QED) is 0.491. The summed E-state index contributed by atoms with van der Waals surface area (Å²) in [7, 11) is -2.09. The van der Waals surface area contributed by atoms with Crippen molar-refractivity contribution in [2.45, 2.75) is 4.90 Å². The summed E-state index contributed by atoms with van der Waals surface area (Å²) in [6.07, 6.45) is 1.51. The van der Waals surface area contributed by atoms with Crippen LogP contribution in [0.5, 0.6) is 0 Å². The van der Waals surface area contributed by atoms with Gasteiger partial charge in [-0.2, -0.15) is 5.10 Å². The van der Waals surface area contributed by atoms with Gasteiger partial charge in [0.25, 0.3) is 10.0 Å². The highest BCUT2D eigenvalue weighted by Gasteiger charge is 2.23. The van der Waals surface area contributed by atoms with Gasteiger partial charge in [0.1, 0.15) is 10.6 Å². The fraction of sp³-hybridized carbons (Fsp3) is 0.0455. The highest BCUT2D eigenvalue weighted by Crippen LogP contribution is 2.28. The van der Waals surface area contributed by atoms with E-state index in [1.807, 2.05) is 72.8 Å². The molecular weight excluding hydrogens is 384 g/mol. The van der Waals surface area contributed by atoms with Crippen molar-refractivity contribution in [3.8, 4) is 11.3 Å². The van der Waals surface area contributed by atoms with Gasteiger partial charge >= 0.3 is 0 Å². The summed E-state index contributed by atoms with van der Waals surface area (Å²) in [5.41, 5.74) is 3.47. The van der Waals surface area contributed by atoms with Crippen LogP contribution in [0.25, 0.3) is 11.3 Å². The fourth-order valence-electron chi connectivity index (χ4n) is 2.98. The minimum absolute atomic E-state index is 0.137. The molecule has 4 rings (SSSR count). The predicted molar refractivity (Wildman–Crippen MR) is 116 cm³/mol. The Hall–Kier alpha value is -3.58. The molecule has 0 aliphatic heterocycles. The van der Waals surface area contributed by atoms with Crippen LogP contribution in [0.1, 0.15) is 0 Å². The van der Waals surface area contributed by atoms with E-state index in [0.717, 1.165) is 16.9 Å². The smallest absolute Gasteiger partial charge is 0.265 e. The van der Waals surface area contributed by atoms with Gasteiger partial charge in [-0.25, -0.2) is 8.42 Å². The summed E-state index contributed by atoms with van der Waals surface area (Å²) < 4.78 is 30.2. The van der Waals surface area contributed by atoms with Gasteiger partial charge in [-0.05, 0) is 36.4 Å². The zero-order valence-corrected chi connectivity index (χ0v) is 16.6. The zero-order chi connectivity index (χ0) is 20.3. The number of para-hydroxylation sites is 1. The summed E-state index contributed by atoms with van der Waals surface area (Å²) in [4.78, 5) is 0.137. The second-order valence-corrected chi connectivity index (χ2v) is 8.21. The van der Waals surface area contributed by atoms with E-state index in [0.29, 0.717) is 11.4 Å². The van der Waals surface area contributed by atoms with E-state index in [9.17, 15) is 8.42 Å². The molecule has 0 bridgehead atoms. The third kappa shape index (κ3) is 4.30. The SMILES string of the molecule is Cn1cc(S(=O)(=O)Nc2ccc(Nc3ccccc3)cc2)c(-c2ccccc2)n1. The van der Waals surface area contributed by atoms with Crippen molar-refractivity contribution in [3.63, 3.8) is 0 Å². The van der Waals surface area contributed by atoms with E-state index >= 15 is 0 Å². The third-order valence-electron chi connectivity index (χ3n) is 4.33. The van der Waals surface area contributed by atoms with E-state index in [1.165, 1.54) is 10.9 Å². The Kier molecular flexibility index (Phi) is 5.05. The molecule has 3 aromatic carbocycles. The molecule has 0 unspecified atom stereocenters. The monoisotopic (exact) mass is 404 g/mol. The second-order valence-electron chi connectivity index (χ2n) is 6.56. The number of nitrogens with one attached hydrogen (secondary N) is 2. The van der Waals surface area contributed by atoms with Crippen LogP contribution in [-0.4, -0.2) is 18.2 Å². The Morgan fingerprint density at radius 3 is 1.97 bits per heavy atom. The van der Waals surface area contributed by atoms with Crippen LogP contribution < -0.4 is 10.0 Å². The van der Waals surface area contributed by atoms with E-state index in [1.54, 1.807) is 19.2 Å². The molecule has 0 fully saturated rings. The lowest BCUT2D eigenvalue weighted by molar-refractivity contribution is 0.601. The summed E-state index contributed by atoms with van der Waals surface area (Å²) in [5, 5.41) is 7.61. The first-order chi connectivity index (χ1) is 14.0. The highest BCUT2D eigenvalue weighted by atomic mass is 32.2. The Labute approximate surface area is 169 Å². The standard InChI is InChI=1S/C22H20N4O2S/c1-26-16-21(22(24-26)17-8-4-2-5-9-17)29(27,28)25-20-14-12-19(13-15-20)23-18-10-6-3-7-11-18/h2-16,23,25H,1H3. The van der Waals surface area contributed by atoms with Gasteiger partial charge in [-0.1, -0.05) is 48.5 Å². The average molecular weight is 404 g/mol. The lowest BCUT2D eigenvalue weighted by atomic mass is 10.2. The first-order valence-electron chi connectivity index (χ1n) is 9.05. The van der Waals surface area contributed by atoms with Gasteiger partial charge in [0.2, 0.25) is 0 Å². The maximum absolute atomic E-state index is 13.0. The molecule has 1 aromatic heterocycles. The minimum Gasteiger partial charge on any atom is -0.356 e. The van der Waals surface area contributed by atoms with E-state index in [-0.39, 0.29) is 4.90 Å². The molecule has 1 heterocycles. The van der Waals surface area contributed by atoms with E-state index in [2.05, 4.69) is 15.1 Å². The molecular formula is C22H20N4O2S. The zero-order valence-electron chi connectivity index (χ0n) is 15.8. The maximum Gasteiger partial charge on any atom is 0.265 e. The summed E-state index contributed by atoms with van der Waals surface area (Å²) >= 11 is 0. The first kappa shape index (κ1) is 18.8. The van der Waals surface area contributed by atoms with Crippen molar-refractivity contribution in [1.29, 1.82) is 0 Å². The second kappa shape index (κ2) is 7.81. The van der Waals surface area contributed by atoms with Crippen molar-refractivity contribution in [1.82, 2.24) is 9.78 Å². The molecule has 6 nitrogen and oxygen atoms in total. The number of aromatic nitrogens is 2. The Morgan fingerprint density at radius 1 is 0.759 bits per heavy atom. The lowest BCUT2D eigenvalue weighted by Gasteiger charge is -2.10. The van der Waals surface area contributed by atoms with Gasteiger partial charge in [-0.3, -0.25) is 9.40 Å². The van der Waals surface area contributed by atoms with Crippen molar-refractivity contribution in [2.75, 3.05) is 10.0 Å². The number of hydrogen-bond donors (Lipinski definition) is 2. The highest BCUT2D eigenvalue weighted by molar-refractivity contribution is 7.92. The Morgan fingerprint density at radius 2 is 1.31 bits per heavy atom. The number of nitrogens with zero attached hydrogens (tertiary/aromatic N) is 2. The molecule has 29 heavy (non-hydrogen) atoms. The van der Waals surface area contributed by atoms with Crippen LogP contribution >= 0.6 is 0 Å². The number of hydrogen-bond acceptors (Lipinski definition) is 4. The molecule has 7 heteroatoms. The molecule has 0 spiro atoms. The van der Waals surface area contributed by atoms with Gasteiger partial charge in [0.05, 0.1) is 0 Å². The van der Waals surface area contributed by atoms with Crippen molar-refractivity contribution < 1.29 is 8.42 Å². The van der Waals surface area contributed by atoms with E-state index in [4.69, 9.17) is 0 Å². The molecule has 146 valence electrons. The van der Waals surface area contributed by atoms with E-state index < -0.39 is 10.0 Å². The summed E-state index contributed by atoms with van der Waals surface area (Å²) in [6.45, 7) is 0. The predicted octanol–water partition coefficient (Wildman–Crippen LogP) is 4.63. The Balaban J connectivity index is 1.57. The summed E-state index contributed by atoms with van der Waals surface area (Å²) in [5.74, 6) is 0. The number of aryl methyl sites for hydroxylation is 1. The van der Waals surface area contributed by atoms with Crippen LogP contribution in [0, 0.1) is 0 Å². The van der Waals surface area contributed by atoms with Gasteiger partial charge < -0.3 is 5.32 Å². The van der Waals surface area contributed by atoms with Crippen LogP contribution in [-0.2, 0) is 17.1 Å². The summed E-state index contributed by atoms with van der Waals surface area (Å²) in [6, 6.07) is 26.1. The molecule has 0 aliphatic rings. The average Bonchev–Trinajstić information content (AvgIpc) is 3.14. The largest absolute Gasteiger partial charge is 0.356 e. The van der Waals surface area contributed by atoms with Crippen LogP contribution in [0.3, 0.4) is 0 Å². The molecule has 0 saturated heterocycles. The molecule has 0 radical (unpaired) electrons. The van der Waals surface area contributed by atoms with Crippen LogP contribution in [0.2, 0.25) is 0 Å². The van der Waals surface area contributed by atoms with Crippen molar-refractivity contribution in [2.24, 2.45) is 7.05 Å². The van der Waals surface area contributed by atoms with Crippen LogP contribution in [0.15, 0.2) is 96.0 Å². The first-order valence-corrected chi connectivity index (χ1v) is 10.5. The van der Waals surface area contributed by atoms with Gasteiger partial charge in [0.15, 0.2) is 0 Å². The number of anilines is 3. The van der Waals surface area contributed by atoms with Gasteiger partial charge in [-0.15, -0.1) is 0 Å². The number of rotatable bonds is 6. The maximum atomic E-state index is 13.0. The number of benzene rings is 3.